The number of benzene rings is 1. The van der Waals surface area contributed by atoms with Crippen LogP contribution in [0.5, 0.6) is 5.75 Å². The molecule has 16 heavy (non-hydrogen) atoms. The van der Waals surface area contributed by atoms with E-state index < -0.39 is 0 Å². The van der Waals surface area contributed by atoms with Gasteiger partial charge >= 0.3 is 0 Å². The van der Waals surface area contributed by atoms with Crippen molar-refractivity contribution in [3.8, 4) is 5.75 Å². The molecule has 0 bridgehead atoms. The lowest BCUT2D eigenvalue weighted by atomic mass is 10.2. The largest absolute Gasteiger partial charge is 0.508 e. The van der Waals surface area contributed by atoms with E-state index >= 15 is 0 Å². The van der Waals surface area contributed by atoms with Crippen LogP contribution in [0.4, 0.5) is 0 Å². The number of imidazole rings is 1. The van der Waals surface area contributed by atoms with E-state index in [0.717, 1.165) is 24.4 Å². The Morgan fingerprint density at radius 2 is 2.00 bits per heavy atom. The maximum absolute atomic E-state index is 9.19. The van der Waals surface area contributed by atoms with Gasteiger partial charge in [-0.2, -0.15) is 0 Å². The Morgan fingerprint density at radius 3 is 2.69 bits per heavy atom. The molecule has 1 heterocycles. The Kier molecular flexibility index (Phi) is 3.22. The standard InChI is InChI=1S/C12H15N3O/c13-6-5-12-14-7-8-15(12)9-10-1-3-11(16)4-2-10/h1-4,7-8,16H,5-6,9,13H2. The van der Waals surface area contributed by atoms with E-state index in [1.165, 1.54) is 0 Å². The van der Waals surface area contributed by atoms with Gasteiger partial charge in [0, 0.05) is 25.4 Å². The van der Waals surface area contributed by atoms with Crippen molar-refractivity contribution in [1.82, 2.24) is 9.55 Å². The minimum atomic E-state index is 0.288. The first-order valence-electron chi connectivity index (χ1n) is 5.27. The third kappa shape index (κ3) is 2.41. The molecule has 0 saturated heterocycles. The van der Waals surface area contributed by atoms with E-state index in [1.54, 1.807) is 18.3 Å². The molecule has 2 aromatic rings. The van der Waals surface area contributed by atoms with E-state index in [2.05, 4.69) is 9.55 Å². The van der Waals surface area contributed by atoms with Crippen LogP contribution in [0.25, 0.3) is 0 Å². The Morgan fingerprint density at radius 1 is 1.25 bits per heavy atom. The van der Waals surface area contributed by atoms with Crippen molar-refractivity contribution in [2.75, 3.05) is 6.54 Å². The molecule has 0 radical (unpaired) electrons. The number of aromatic hydroxyl groups is 1. The lowest BCUT2D eigenvalue weighted by molar-refractivity contribution is 0.475. The second-order valence-corrected chi connectivity index (χ2v) is 3.68. The first-order valence-corrected chi connectivity index (χ1v) is 5.27. The van der Waals surface area contributed by atoms with Gasteiger partial charge in [0.1, 0.15) is 11.6 Å². The molecule has 0 atom stereocenters. The molecule has 3 N–H and O–H groups in total. The molecule has 4 heteroatoms. The summed E-state index contributed by atoms with van der Waals surface area (Å²) in [7, 11) is 0. The molecule has 0 spiro atoms. The Balaban J connectivity index is 2.13. The maximum atomic E-state index is 9.19. The number of hydrogen-bond acceptors (Lipinski definition) is 3. The Bertz CT molecular complexity index is 448. The summed E-state index contributed by atoms with van der Waals surface area (Å²) in [5.41, 5.74) is 6.65. The molecular formula is C12H15N3O. The van der Waals surface area contributed by atoms with Crippen LogP contribution >= 0.6 is 0 Å². The second-order valence-electron chi connectivity index (χ2n) is 3.68. The van der Waals surface area contributed by atoms with Crippen LogP contribution in [0.2, 0.25) is 0 Å². The summed E-state index contributed by atoms with van der Waals surface area (Å²) in [4.78, 5) is 4.25. The van der Waals surface area contributed by atoms with Crippen molar-refractivity contribution in [2.24, 2.45) is 5.73 Å². The van der Waals surface area contributed by atoms with E-state index in [9.17, 15) is 5.11 Å². The van der Waals surface area contributed by atoms with Gasteiger partial charge < -0.3 is 15.4 Å². The Labute approximate surface area is 94.4 Å². The maximum Gasteiger partial charge on any atom is 0.115 e. The average Bonchev–Trinajstić information content (AvgIpc) is 2.70. The van der Waals surface area contributed by atoms with Crippen LogP contribution in [0.1, 0.15) is 11.4 Å². The van der Waals surface area contributed by atoms with E-state index in [4.69, 9.17) is 5.73 Å². The number of nitrogens with zero attached hydrogens (tertiary/aromatic N) is 2. The van der Waals surface area contributed by atoms with Crippen LogP contribution in [0.15, 0.2) is 36.7 Å². The summed E-state index contributed by atoms with van der Waals surface area (Å²) in [5, 5.41) is 9.19. The van der Waals surface area contributed by atoms with E-state index in [0.29, 0.717) is 6.54 Å². The monoisotopic (exact) mass is 217 g/mol. The highest BCUT2D eigenvalue weighted by Gasteiger charge is 2.02. The topological polar surface area (TPSA) is 64.1 Å². The fourth-order valence-corrected chi connectivity index (χ4v) is 1.64. The van der Waals surface area contributed by atoms with Gasteiger partial charge in [-0.05, 0) is 24.2 Å². The molecule has 1 aromatic heterocycles. The number of nitrogens with two attached hydrogens (primary N) is 1. The number of hydrogen-bond donors (Lipinski definition) is 2. The van der Waals surface area contributed by atoms with Gasteiger partial charge in [-0.1, -0.05) is 12.1 Å². The van der Waals surface area contributed by atoms with Gasteiger partial charge in [0.2, 0.25) is 0 Å². The smallest absolute Gasteiger partial charge is 0.115 e. The normalized spacial score (nSPS) is 10.6. The van der Waals surface area contributed by atoms with Gasteiger partial charge in [0.25, 0.3) is 0 Å². The summed E-state index contributed by atoms with van der Waals surface area (Å²) in [5.74, 6) is 1.28. The zero-order valence-electron chi connectivity index (χ0n) is 9.00. The lowest BCUT2D eigenvalue weighted by Gasteiger charge is -2.07. The average molecular weight is 217 g/mol. The summed E-state index contributed by atoms with van der Waals surface area (Å²) >= 11 is 0. The molecular weight excluding hydrogens is 202 g/mol. The van der Waals surface area contributed by atoms with Gasteiger partial charge in [-0.3, -0.25) is 0 Å². The summed E-state index contributed by atoms with van der Waals surface area (Å²) < 4.78 is 2.07. The number of rotatable bonds is 4. The van der Waals surface area contributed by atoms with Gasteiger partial charge in [-0.25, -0.2) is 4.98 Å². The van der Waals surface area contributed by atoms with Crippen molar-refractivity contribution in [1.29, 1.82) is 0 Å². The van der Waals surface area contributed by atoms with Crippen molar-refractivity contribution in [3.63, 3.8) is 0 Å². The second kappa shape index (κ2) is 4.81. The zero-order chi connectivity index (χ0) is 11.4. The van der Waals surface area contributed by atoms with Crippen LogP contribution in [-0.4, -0.2) is 21.2 Å². The minimum absolute atomic E-state index is 0.288. The van der Waals surface area contributed by atoms with Gasteiger partial charge in [0.05, 0.1) is 0 Å². The zero-order valence-corrected chi connectivity index (χ0v) is 9.00. The Hall–Kier alpha value is -1.81. The summed E-state index contributed by atoms with van der Waals surface area (Å²) in [6.45, 7) is 1.36. The van der Waals surface area contributed by atoms with Crippen molar-refractivity contribution >= 4 is 0 Å². The van der Waals surface area contributed by atoms with Crippen LogP contribution in [0.3, 0.4) is 0 Å². The molecule has 0 fully saturated rings. The van der Waals surface area contributed by atoms with Crippen molar-refractivity contribution in [3.05, 3.63) is 48.0 Å². The van der Waals surface area contributed by atoms with Crippen molar-refractivity contribution in [2.45, 2.75) is 13.0 Å². The fraction of sp³-hybridized carbons (Fsp3) is 0.250. The van der Waals surface area contributed by atoms with Crippen LogP contribution in [0, 0.1) is 0 Å². The number of aromatic nitrogens is 2. The molecule has 0 aliphatic rings. The molecule has 1 aromatic carbocycles. The highest BCUT2D eigenvalue weighted by Crippen LogP contribution is 2.11. The predicted molar refractivity (Wildman–Crippen MR) is 62.2 cm³/mol. The predicted octanol–water partition coefficient (Wildman–Crippen LogP) is 1.14. The molecule has 0 amide bonds. The highest BCUT2D eigenvalue weighted by atomic mass is 16.3. The molecule has 4 nitrogen and oxygen atoms in total. The first kappa shape index (κ1) is 10.7. The molecule has 0 unspecified atom stereocenters. The SMILES string of the molecule is NCCc1nccn1Cc1ccc(O)cc1. The number of phenols is 1. The van der Waals surface area contributed by atoms with E-state index in [1.807, 2.05) is 18.3 Å². The fourth-order valence-electron chi connectivity index (χ4n) is 1.64. The quantitative estimate of drug-likeness (QED) is 0.807. The van der Waals surface area contributed by atoms with Crippen molar-refractivity contribution < 1.29 is 5.11 Å². The van der Waals surface area contributed by atoms with Gasteiger partial charge in [-0.15, -0.1) is 0 Å². The van der Waals surface area contributed by atoms with Gasteiger partial charge in [0.15, 0.2) is 0 Å². The van der Waals surface area contributed by atoms with Crippen LogP contribution < -0.4 is 5.73 Å². The van der Waals surface area contributed by atoms with E-state index in [-0.39, 0.29) is 5.75 Å². The highest BCUT2D eigenvalue weighted by molar-refractivity contribution is 5.26. The third-order valence-corrected chi connectivity index (χ3v) is 2.46. The molecule has 0 aliphatic carbocycles. The molecule has 0 saturated carbocycles. The summed E-state index contributed by atoms with van der Waals surface area (Å²) in [6.07, 6.45) is 4.51. The molecule has 0 aliphatic heterocycles. The van der Waals surface area contributed by atoms with Crippen LogP contribution in [-0.2, 0) is 13.0 Å². The lowest BCUT2D eigenvalue weighted by Crippen LogP contribution is -2.10. The summed E-state index contributed by atoms with van der Waals surface area (Å²) in [6, 6.07) is 7.19. The number of phenolic OH excluding ortho intramolecular Hbond substituents is 1. The first-order chi connectivity index (χ1) is 7.79. The third-order valence-electron chi connectivity index (χ3n) is 2.46. The molecule has 84 valence electrons. The molecule has 2 rings (SSSR count). The minimum Gasteiger partial charge on any atom is -0.508 e.